The van der Waals surface area contributed by atoms with E-state index in [2.05, 4.69) is 4.98 Å². The lowest BCUT2D eigenvalue weighted by Gasteiger charge is -2.17. The second-order valence-corrected chi connectivity index (χ2v) is 6.36. The van der Waals surface area contributed by atoms with E-state index < -0.39 is 6.10 Å². The SMILES string of the molecule is CC(O)C1CCN(C(=O)c2[nH]c3ccc(Cl)cc3c2Cl)C1. The highest BCUT2D eigenvalue weighted by molar-refractivity contribution is 6.39. The topological polar surface area (TPSA) is 56.3 Å². The van der Waals surface area contributed by atoms with Gasteiger partial charge in [0.1, 0.15) is 5.69 Å². The zero-order valence-electron chi connectivity index (χ0n) is 11.6. The minimum Gasteiger partial charge on any atom is -0.393 e. The summed E-state index contributed by atoms with van der Waals surface area (Å²) in [5, 5.41) is 11.4. The van der Waals surface area contributed by atoms with Crippen LogP contribution in [0.4, 0.5) is 0 Å². The lowest BCUT2D eigenvalue weighted by atomic mass is 10.0. The van der Waals surface area contributed by atoms with E-state index in [0.717, 1.165) is 17.3 Å². The van der Waals surface area contributed by atoms with Crippen molar-refractivity contribution in [3.63, 3.8) is 0 Å². The first-order valence-corrected chi connectivity index (χ1v) is 7.67. The highest BCUT2D eigenvalue weighted by Crippen LogP contribution is 2.31. The van der Waals surface area contributed by atoms with E-state index in [0.29, 0.717) is 28.8 Å². The minimum absolute atomic E-state index is 0.129. The van der Waals surface area contributed by atoms with Gasteiger partial charge in [0, 0.05) is 34.9 Å². The van der Waals surface area contributed by atoms with Crippen LogP contribution in [0.2, 0.25) is 10.0 Å². The Morgan fingerprint density at radius 3 is 2.90 bits per heavy atom. The Labute approximate surface area is 132 Å². The molecule has 1 fully saturated rings. The second kappa shape index (κ2) is 5.52. The summed E-state index contributed by atoms with van der Waals surface area (Å²) in [6, 6.07) is 5.31. The van der Waals surface area contributed by atoms with Crippen LogP contribution in [0.5, 0.6) is 0 Å². The third-order valence-electron chi connectivity index (χ3n) is 4.11. The Balaban J connectivity index is 1.90. The molecule has 0 bridgehead atoms. The molecule has 0 saturated carbocycles. The molecular formula is C15H16Cl2N2O2. The van der Waals surface area contributed by atoms with E-state index in [-0.39, 0.29) is 11.8 Å². The smallest absolute Gasteiger partial charge is 0.271 e. The second-order valence-electron chi connectivity index (χ2n) is 5.54. The Kier molecular flexibility index (Phi) is 3.86. The number of aromatic amines is 1. The zero-order valence-corrected chi connectivity index (χ0v) is 13.1. The molecule has 0 aliphatic carbocycles. The first kappa shape index (κ1) is 14.7. The van der Waals surface area contributed by atoms with Gasteiger partial charge in [0.25, 0.3) is 5.91 Å². The monoisotopic (exact) mass is 326 g/mol. The zero-order chi connectivity index (χ0) is 15.1. The summed E-state index contributed by atoms with van der Waals surface area (Å²) in [4.78, 5) is 17.4. The Bertz CT molecular complexity index is 696. The van der Waals surface area contributed by atoms with E-state index in [4.69, 9.17) is 23.2 Å². The number of nitrogens with zero attached hydrogens (tertiary/aromatic N) is 1. The van der Waals surface area contributed by atoms with Gasteiger partial charge in [-0.3, -0.25) is 4.79 Å². The fourth-order valence-electron chi connectivity index (χ4n) is 2.80. The van der Waals surface area contributed by atoms with Crippen LogP contribution in [0.15, 0.2) is 18.2 Å². The number of nitrogens with one attached hydrogen (secondary N) is 1. The van der Waals surface area contributed by atoms with Crippen LogP contribution in [0, 0.1) is 5.92 Å². The third kappa shape index (κ3) is 2.63. The number of rotatable bonds is 2. The maximum Gasteiger partial charge on any atom is 0.271 e. The van der Waals surface area contributed by atoms with Crippen LogP contribution < -0.4 is 0 Å². The van der Waals surface area contributed by atoms with Crippen LogP contribution in [0.3, 0.4) is 0 Å². The summed E-state index contributed by atoms with van der Waals surface area (Å²) >= 11 is 12.3. The van der Waals surface area contributed by atoms with Gasteiger partial charge in [0.05, 0.1) is 11.1 Å². The fourth-order valence-corrected chi connectivity index (χ4v) is 3.26. The first-order valence-electron chi connectivity index (χ1n) is 6.91. The van der Waals surface area contributed by atoms with Crippen molar-refractivity contribution in [2.75, 3.05) is 13.1 Å². The molecule has 2 heterocycles. The van der Waals surface area contributed by atoms with Crippen molar-refractivity contribution in [3.8, 4) is 0 Å². The van der Waals surface area contributed by atoms with Crippen molar-refractivity contribution in [1.29, 1.82) is 0 Å². The number of hydrogen-bond donors (Lipinski definition) is 2. The van der Waals surface area contributed by atoms with Crippen molar-refractivity contribution in [2.24, 2.45) is 5.92 Å². The van der Waals surface area contributed by atoms with Gasteiger partial charge in [-0.05, 0) is 31.5 Å². The molecule has 3 rings (SSSR count). The minimum atomic E-state index is -0.403. The van der Waals surface area contributed by atoms with Gasteiger partial charge in [0.15, 0.2) is 0 Å². The summed E-state index contributed by atoms with van der Waals surface area (Å²) in [5.74, 6) is 0.00187. The van der Waals surface area contributed by atoms with E-state index in [1.165, 1.54) is 0 Å². The van der Waals surface area contributed by atoms with Gasteiger partial charge in [-0.15, -0.1) is 0 Å². The van der Waals surface area contributed by atoms with Crippen molar-refractivity contribution in [2.45, 2.75) is 19.4 Å². The highest BCUT2D eigenvalue weighted by Gasteiger charge is 2.31. The molecule has 2 atom stereocenters. The normalized spacial score (nSPS) is 20.2. The molecule has 2 aromatic rings. The number of amides is 1. The number of H-pyrrole nitrogens is 1. The molecule has 2 unspecified atom stereocenters. The van der Waals surface area contributed by atoms with E-state index in [1.54, 1.807) is 24.0 Å². The molecule has 0 radical (unpaired) electrons. The number of aliphatic hydroxyl groups excluding tert-OH is 1. The predicted molar refractivity (Wildman–Crippen MR) is 84.0 cm³/mol. The number of fused-ring (bicyclic) bond motifs is 1. The van der Waals surface area contributed by atoms with Crippen molar-refractivity contribution < 1.29 is 9.90 Å². The quantitative estimate of drug-likeness (QED) is 0.889. The summed E-state index contributed by atoms with van der Waals surface area (Å²) in [5.41, 5.74) is 1.18. The van der Waals surface area contributed by atoms with E-state index in [1.807, 2.05) is 6.07 Å². The number of carbonyl (C=O) groups is 1. The third-order valence-corrected chi connectivity index (χ3v) is 4.73. The van der Waals surface area contributed by atoms with Gasteiger partial charge in [-0.1, -0.05) is 23.2 Å². The highest BCUT2D eigenvalue weighted by atomic mass is 35.5. The van der Waals surface area contributed by atoms with Gasteiger partial charge in [0.2, 0.25) is 0 Å². The maximum absolute atomic E-state index is 12.6. The van der Waals surface area contributed by atoms with Crippen LogP contribution in [-0.2, 0) is 0 Å². The standard InChI is InChI=1S/C15H16Cl2N2O2/c1-8(20)9-4-5-19(7-9)15(21)14-13(17)11-6-10(16)2-3-12(11)18-14/h2-3,6,8-9,18,20H,4-5,7H2,1H3. The van der Waals surface area contributed by atoms with Gasteiger partial charge < -0.3 is 15.0 Å². The summed E-state index contributed by atoms with van der Waals surface area (Å²) in [7, 11) is 0. The first-order chi connectivity index (χ1) is 9.97. The molecule has 1 aliphatic heterocycles. The molecule has 4 nitrogen and oxygen atoms in total. The molecule has 2 N–H and O–H groups in total. The lowest BCUT2D eigenvalue weighted by molar-refractivity contribution is 0.0758. The molecule has 1 amide bonds. The number of halogens is 2. The number of hydrogen-bond acceptors (Lipinski definition) is 2. The Morgan fingerprint density at radius 2 is 2.24 bits per heavy atom. The summed E-state index contributed by atoms with van der Waals surface area (Å²) in [6.45, 7) is 2.96. The molecule has 0 spiro atoms. The van der Waals surface area contributed by atoms with Crippen LogP contribution >= 0.6 is 23.2 Å². The average Bonchev–Trinajstić information content (AvgIpc) is 3.04. The van der Waals surface area contributed by atoms with Crippen molar-refractivity contribution in [1.82, 2.24) is 9.88 Å². The maximum atomic E-state index is 12.6. The number of likely N-dealkylation sites (tertiary alicyclic amines) is 1. The Hall–Kier alpha value is -1.23. The van der Waals surface area contributed by atoms with Crippen LogP contribution in [0.25, 0.3) is 10.9 Å². The number of aromatic nitrogens is 1. The van der Waals surface area contributed by atoms with Crippen LogP contribution in [0.1, 0.15) is 23.8 Å². The molecule has 21 heavy (non-hydrogen) atoms. The summed E-state index contributed by atoms with van der Waals surface area (Å²) < 4.78 is 0. The molecule has 1 aromatic heterocycles. The molecular weight excluding hydrogens is 311 g/mol. The van der Waals surface area contributed by atoms with Crippen LogP contribution in [-0.4, -0.2) is 40.1 Å². The summed E-state index contributed by atoms with van der Waals surface area (Å²) in [6.07, 6.45) is 0.410. The van der Waals surface area contributed by atoms with E-state index >= 15 is 0 Å². The van der Waals surface area contributed by atoms with Crippen molar-refractivity contribution >= 4 is 40.0 Å². The molecule has 112 valence electrons. The average molecular weight is 327 g/mol. The number of carbonyl (C=O) groups excluding carboxylic acids is 1. The van der Waals surface area contributed by atoms with Gasteiger partial charge in [-0.2, -0.15) is 0 Å². The number of benzene rings is 1. The lowest BCUT2D eigenvalue weighted by Crippen LogP contribution is -2.30. The molecule has 1 saturated heterocycles. The molecule has 1 aromatic carbocycles. The Morgan fingerprint density at radius 1 is 1.48 bits per heavy atom. The number of aliphatic hydroxyl groups is 1. The predicted octanol–water partition coefficient (Wildman–Crippen LogP) is 3.32. The van der Waals surface area contributed by atoms with Crippen molar-refractivity contribution in [3.05, 3.63) is 33.9 Å². The largest absolute Gasteiger partial charge is 0.393 e. The molecule has 1 aliphatic rings. The molecule has 6 heteroatoms. The van der Waals surface area contributed by atoms with Gasteiger partial charge >= 0.3 is 0 Å². The fraction of sp³-hybridized carbons (Fsp3) is 0.400. The van der Waals surface area contributed by atoms with E-state index in [9.17, 15) is 9.90 Å². The van der Waals surface area contributed by atoms with Gasteiger partial charge in [-0.25, -0.2) is 0 Å².